The molecule has 5 heteroatoms. The standard InChI is InChI=1S/C14H15N3O2/c1-10-15-8-13(9-16-10)17-12-5-2-11(3-6-12)4-7-14(18)19/h2-3,5-6,8-9,17H,4,7H2,1H3,(H,18,19). The number of aliphatic carboxylic acids is 1. The predicted octanol–water partition coefficient (Wildman–Crippen LogP) is 2.55. The third kappa shape index (κ3) is 4.06. The Bertz CT molecular complexity index is 550. The highest BCUT2D eigenvalue weighted by atomic mass is 16.4. The Kier molecular flexibility index (Phi) is 4.07. The van der Waals surface area contributed by atoms with Gasteiger partial charge in [0.2, 0.25) is 0 Å². The lowest BCUT2D eigenvalue weighted by atomic mass is 10.1. The molecule has 98 valence electrons. The van der Waals surface area contributed by atoms with Gasteiger partial charge in [-0.3, -0.25) is 4.79 Å². The third-order valence-electron chi connectivity index (χ3n) is 2.65. The van der Waals surface area contributed by atoms with Gasteiger partial charge in [-0.1, -0.05) is 12.1 Å². The number of nitrogens with zero attached hydrogens (tertiary/aromatic N) is 2. The Labute approximate surface area is 111 Å². The topological polar surface area (TPSA) is 75.1 Å². The maximum Gasteiger partial charge on any atom is 0.303 e. The van der Waals surface area contributed by atoms with E-state index >= 15 is 0 Å². The number of hydrogen-bond acceptors (Lipinski definition) is 4. The first-order valence-corrected chi connectivity index (χ1v) is 6.00. The molecule has 0 unspecified atom stereocenters. The lowest BCUT2D eigenvalue weighted by Crippen LogP contribution is -1.98. The Balaban J connectivity index is 1.98. The first-order chi connectivity index (χ1) is 9.13. The van der Waals surface area contributed by atoms with Crippen LogP contribution in [0.25, 0.3) is 0 Å². The van der Waals surface area contributed by atoms with Gasteiger partial charge in [-0.2, -0.15) is 0 Å². The molecule has 0 fully saturated rings. The Morgan fingerprint density at radius 3 is 2.37 bits per heavy atom. The van der Waals surface area contributed by atoms with Gasteiger partial charge in [-0.05, 0) is 31.0 Å². The minimum Gasteiger partial charge on any atom is -0.481 e. The van der Waals surface area contributed by atoms with Gasteiger partial charge >= 0.3 is 5.97 Å². The number of carboxylic acid groups (broad SMARTS) is 1. The lowest BCUT2D eigenvalue weighted by molar-refractivity contribution is -0.136. The molecule has 19 heavy (non-hydrogen) atoms. The van der Waals surface area contributed by atoms with Crippen LogP contribution in [0.1, 0.15) is 17.8 Å². The van der Waals surface area contributed by atoms with Crippen molar-refractivity contribution < 1.29 is 9.90 Å². The highest BCUT2D eigenvalue weighted by Gasteiger charge is 2.00. The molecule has 1 heterocycles. The van der Waals surface area contributed by atoms with Crippen molar-refractivity contribution in [1.82, 2.24) is 9.97 Å². The summed E-state index contributed by atoms with van der Waals surface area (Å²) >= 11 is 0. The fourth-order valence-corrected chi connectivity index (χ4v) is 1.63. The van der Waals surface area contributed by atoms with Gasteiger partial charge in [-0.25, -0.2) is 9.97 Å². The molecule has 0 spiro atoms. The molecular weight excluding hydrogens is 242 g/mol. The molecule has 0 atom stereocenters. The van der Waals surface area contributed by atoms with Crippen LogP contribution in [0.3, 0.4) is 0 Å². The summed E-state index contributed by atoms with van der Waals surface area (Å²) in [6.07, 6.45) is 4.14. The van der Waals surface area contributed by atoms with E-state index in [0.29, 0.717) is 6.42 Å². The van der Waals surface area contributed by atoms with Gasteiger partial charge in [-0.15, -0.1) is 0 Å². The SMILES string of the molecule is Cc1ncc(Nc2ccc(CCC(=O)O)cc2)cn1. The van der Waals surface area contributed by atoms with Crippen LogP contribution in [0, 0.1) is 6.92 Å². The van der Waals surface area contributed by atoms with E-state index in [1.165, 1.54) is 0 Å². The molecule has 0 aliphatic carbocycles. The minimum absolute atomic E-state index is 0.151. The molecule has 0 amide bonds. The van der Waals surface area contributed by atoms with Crippen LogP contribution < -0.4 is 5.32 Å². The predicted molar refractivity (Wildman–Crippen MR) is 72.5 cm³/mol. The number of rotatable bonds is 5. The molecule has 0 aliphatic rings. The molecule has 0 saturated heterocycles. The van der Waals surface area contributed by atoms with E-state index in [1.54, 1.807) is 12.4 Å². The molecule has 1 aromatic heterocycles. The van der Waals surface area contributed by atoms with E-state index < -0.39 is 5.97 Å². The summed E-state index contributed by atoms with van der Waals surface area (Å²) in [5, 5.41) is 11.8. The van der Waals surface area contributed by atoms with Gasteiger partial charge in [0.05, 0.1) is 18.1 Å². The first kappa shape index (κ1) is 13.0. The second kappa shape index (κ2) is 5.95. The van der Waals surface area contributed by atoms with E-state index in [2.05, 4.69) is 15.3 Å². The van der Waals surface area contributed by atoms with Crippen LogP contribution in [-0.4, -0.2) is 21.0 Å². The number of carbonyl (C=O) groups is 1. The normalized spacial score (nSPS) is 10.2. The summed E-state index contributed by atoms with van der Waals surface area (Å²) in [6, 6.07) is 7.66. The number of anilines is 2. The van der Waals surface area contributed by atoms with Crippen LogP contribution in [0.5, 0.6) is 0 Å². The van der Waals surface area contributed by atoms with Crippen molar-refractivity contribution in [3.8, 4) is 0 Å². The van der Waals surface area contributed by atoms with Crippen LogP contribution >= 0.6 is 0 Å². The summed E-state index contributed by atoms with van der Waals surface area (Å²) < 4.78 is 0. The highest BCUT2D eigenvalue weighted by Crippen LogP contribution is 2.16. The summed E-state index contributed by atoms with van der Waals surface area (Å²) in [5.74, 6) is -0.0476. The molecule has 0 radical (unpaired) electrons. The Morgan fingerprint density at radius 1 is 1.16 bits per heavy atom. The maximum absolute atomic E-state index is 10.5. The second-order valence-electron chi connectivity index (χ2n) is 4.23. The quantitative estimate of drug-likeness (QED) is 0.861. The number of aryl methyl sites for hydroxylation is 2. The van der Waals surface area contributed by atoms with Gasteiger partial charge in [0.15, 0.2) is 0 Å². The molecule has 0 bridgehead atoms. The molecule has 5 nitrogen and oxygen atoms in total. The van der Waals surface area contributed by atoms with Crippen molar-refractivity contribution in [2.75, 3.05) is 5.32 Å². The monoisotopic (exact) mass is 257 g/mol. The summed E-state index contributed by atoms with van der Waals surface area (Å²) in [7, 11) is 0. The van der Waals surface area contributed by atoms with Crippen molar-refractivity contribution in [2.24, 2.45) is 0 Å². The number of benzene rings is 1. The number of hydrogen-bond donors (Lipinski definition) is 2. The average molecular weight is 257 g/mol. The minimum atomic E-state index is -0.779. The van der Waals surface area contributed by atoms with Crippen LogP contribution in [0.15, 0.2) is 36.7 Å². The molecule has 2 aromatic rings. The summed E-state index contributed by atoms with van der Waals surface area (Å²) in [5.41, 5.74) is 2.75. The Hall–Kier alpha value is -2.43. The van der Waals surface area contributed by atoms with Crippen LogP contribution in [0.2, 0.25) is 0 Å². The van der Waals surface area contributed by atoms with Crippen molar-refractivity contribution >= 4 is 17.3 Å². The van der Waals surface area contributed by atoms with E-state index in [9.17, 15) is 4.79 Å². The van der Waals surface area contributed by atoms with Crippen molar-refractivity contribution in [3.05, 3.63) is 48.0 Å². The largest absolute Gasteiger partial charge is 0.481 e. The highest BCUT2D eigenvalue weighted by molar-refractivity contribution is 5.67. The lowest BCUT2D eigenvalue weighted by Gasteiger charge is -2.06. The zero-order valence-electron chi connectivity index (χ0n) is 10.6. The zero-order valence-corrected chi connectivity index (χ0v) is 10.6. The Morgan fingerprint density at radius 2 is 1.79 bits per heavy atom. The zero-order chi connectivity index (χ0) is 13.7. The first-order valence-electron chi connectivity index (χ1n) is 6.00. The van der Waals surface area contributed by atoms with Gasteiger partial charge < -0.3 is 10.4 Å². The van der Waals surface area contributed by atoms with Crippen LogP contribution in [0.4, 0.5) is 11.4 Å². The second-order valence-corrected chi connectivity index (χ2v) is 4.23. The van der Waals surface area contributed by atoms with E-state index in [0.717, 1.165) is 22.8 Å². The molecule has 1 aromatic carbocycles. The number of aromatic nitrogens is 2. The van der Waals surface area contributed by atoms with Gasteiger partial charge in [0, 0.05) is 12.1 Å². The van der Waals surface area contributed by atoms with Crippen molar-refractivity contribution in [3.63, 3.8) is 0 Å². The summed E-state index contributed by atoms with van der Waals surface area (Å²) in [4.78, 5) is 18.7. The maximum atomic E-state index is 10.5. The molecule has 0 saturated carbocycles. The van der Waals surface area contributed by atoms with E-state index in [4.69, 9.17) is 5.11 Å². The summed E-state index contributed by atoms with van der Waals surface area (Å²) in [6.45, 7) is 1.83. The molecular formula is C14H15N3O2. The molecule has 2 N–H and O–H groups in total. The smallest absolute Gasteiger partial charge is 0.303 e. The fraction of sp³-hybridized carbons (Fsp3) is 0.214. The van der Waals surface area contributed by atoms with E-state index in [1.807, 2.05) is 31.2 Å². The number of carboxylic acids is 1. The molecule has 0 aliphatic heterocycles. The number of nitrogens with one attached hydrogen (secondary N) is 1. The van der Waals surface area contributed by atoms with Crippen molar-refractivity contribution in [2.45, 2.75) is 19.8 Å². The van der Waals surface area contributed by atoms with E-state index in [-0.39, 0.29) is 6.42 Å². The fourth-order valence-electron chi connectivity index (χ4n) is 1.63. The molecule has 2 rings (SSSR count). The van der Waals surface area contributed by atoms with Gasteiger partial charge in [0.1, 0.15) is 5.82 Å². The average Bonchev–Trinajstić information content (AvgIpc) is 2.40. The third-order valence-corrected chi connectivity index (χ3v) is 2.65. The van der Waals surface area contributed by atoms with Crippen molar-refractivity contribution in [1.29, 1.82) is 0 Å². The van der Waals surface area contributed by atoms with Crippen LogP contribution in [-0.2, 0) is 11.2 Å². The van der Waals surface area contributed by atoms with Gasteiger partial charge in [0.25, 0.3) is 0 Å².